The number of carbonyl (C=O) groups excluding carboxylic acids is 1. The number of urea groups is 1. The molecular formula is C15H17N5O6S. The van der Waals surface area contributed by atoms with Crippen molar-refractivity contribution in [1.82, 2.24) is 25.0 Å². The minimum atomic E-state index is -4.41. The zero-order chi connectivity index (χ0) is 20.2. The first kappa shape index (κ1) is 20.0. The molecule has 0 radical (unpaired) electrons. The number of nitrogens with zero attached hydrogens (tertiary/aromatic N) is 3. The molecule has 144 valence electrons. The number of ether oxygens (including phenoxy) is 1. The molecule has 0 atom stereocenters. The number of carboxylic acid groups (broad SMARTS) is 1. The second kappa shape index (κ2) is 7.95. The summed E-state index contributed by atoms with van der Waals surface area (Å²) < 4.78 is 31.6. The maximum absolute atomic E-state index is 12.5. The lowest BCUT2D eigenvalue weighted by atomic mass is 10.1. The summed E-state index contributed by atoms with van der Waals surface area (Å²) in [4.78, 5) is 34.6. The minimum Gasteiger partial charge on any atom is -0.478 e. The molecular weight excluding hydrogens is 378 g/mol. The van der Waals surface area contributed by atoms with Crippen molar-refractivity contribution >= 4 is 22.0 Å². The third-order valence-electron chi connectivity index (χ3n) is 3.30. The Morgan fingerprint density at radius 3 is 2.52 bits per heavy atom. The van der Waals surface area contributed by atoms with Crippen LogP contribution in [0.5, 0.6) is 6.01 Å². The van der Waals surface area contributed by atoms with Crippen molar-refractivity contribution in [2.75, 3.05) is 7.11 Å². The molecule has 0 spiro atoms. The van der Waals surface area contributed by atoms with Crippen LogP contribution in [0.2, 0.25) is 0 Å². The first-order valence-electron chi connectivity index (χ1n) is 7.53. The number of hydrogen-bond acceptors (Lipinski definition) is 8. The highest BCUT2D eigenvalue weighted by molar-refractivity contribution is 7.90. The fraction of sp³-hybridized carbons (Fsp3) is 0.267. The van der Waals surface area contributed by atoms with Gasteiger partial charge in [-0.25, -0.2) is 27.7 Å². The average molecular weight is 395 g/mol. The number of rotatable bonds is 6. The van der Waals surface area contributed by atoms with Gasteiger partial charge in [-0.15, -0.1) is 0 Å². The number of sulfonamides is 1. The molecule has 2 aromatic rings. The van der Waals surface area contributed by atoms with Crippen molar-refractivity contribution in [3.05, 3.63) is 41.0 Å². The van der Waals surface area contributed by atoms with E-state index in [0.29, 0.717) is 5.82 Å². The van der Waals surface area contributed by atoms with Gasteiger partial charge in [-0.1, -0.05) is 12.1 Å². The summed E-state index contributed by atoms with van der Waals surface area (Å²) in [6, 6.07) is 2.97. The average Bonchev–Trinajstić information content (AvgIpc) is 2.58. The second-order valence-corrected chi connectivity index (χ2v) is 6.95. The lowest BCUT2D eigenvalue weighted by molar-refractivity contribution is 0.0692. The Hall–Kier alpha value is -3.28. The molecule has 0 unspecified atom stereocenters. The molecule has 1 aromatic heterocycles. The van der Waals surface area contributed by atoms with Gasteiger partial charge in [0.25, 0.3) is 10.0 Å². The van der Waals surface area contributed by atoms with Crippen molar-refractivity contribution in [2.45, 2.75) is 25.3 Å². The van der Waals surface area contributed by atoms with E-state index in [0.717, 1.165) is 6.07 Å². The fourth-order valence-corrected chi connectivity index (χ4v) is 3.58. The normalized spacial score (nSPS) is 10.9. The Morgan fingerprint density at radius 1 is 1.19 bits per heavy atom. The number of benzene rings is 1. The maximum atomic E-state index is 12.5. The van der Waals surface area contributed by atoms with Crippen LogP contribution in [0.1, 0.15) is 27.6 Å². The van der Waals surface area contributed by atoms with E-state index in [1.165, 1.54) is 26.2 Å². The molecule has 0 saturated carbocycles. The molecule has 0 aliphatic rings. The molecule has 0 aliphatic carbocycles. The minimum absolute atomic E-state index is 0.0540. The highest BCUT2D eigenvalue weighted by Gasteiger charge is 2.26. The van der Waals surface area contributed by atoms with Crippen LogP contribution in [0.4, 0.5) is 4.79 Å². The largest absolute Gasteiger partial charge is 0.478 e. The molecule has 12 heteroatoms. The van der Waals surface area contributed by atoms with E-state index in [1.54, 1.807) is 11.6 Å². The molecule has 27 heavy (non-hydrogen) atoms. The summed E-state index contributed by atoms with van der Waals surface area (Å²) in [5.41, 5.74) is -0.249. The van der Waals surface area contributed by atoms with Gasteiger partial charge in [0, 0.05) is 0 Å². The van der Waals surface area contributed by atoms with Gasteiger partial charge in [-0.2, -0.15) is 9.97 Å². The SMILES string of the molecule is COc1nc(C)nc(CNC(=O)NS(=O)(=O)c2c(C)cccc2C(=O)O)n1. The van der Waals surface area contributed by atoms with E-state index < -0.39 is 32.5 Å². The van der Waals surface area contributed by atoms with E-state index in [1.807, 2.05) is 0 Å². The predicted octanol–water partition coefficient (Wildman–Crippen LogP) is 0.383. The lowest BCUT2D eigenvalue weighted by Gasteiger charge is -2.12. The Kier molecular flexibility index (Phi) is 5.90. The van der Waals surface area contributed by atoms with Crippen molar-refractivity contribution < 1.29 is 27.9 Å². The van der Waals surface area contributed by atoms with Crippen LogP contribution in [0.25, 0.3) is 0 Å². The zero-order valence-electron chi connectivity index (χ0n) is 14.7. The van der Waals surface area contributed by atoms with Crippen LogP contribution in [-0.2, 0) is 16.6 Å². The summed E-state index contributed by atoms with van der Waals surface area (Å²) >= 11 is 0. The number of carboxylic acids is 1. The van der Waals surface area contributed by atoms with Crippen molar-refractivity contribution in [3.8, 4) is 6.01 Å². The van der Waals surface area contributed by atoms with Gasteiger partial charge in [0.2, 0.25) is 0 Å². The molecule has 0 saturated heterocycles. The fourth-order valence-electron chi connectivity index (χ4n) is 2.23. The summed E-state index contributed by atoms with van der Waals surface area (Å²) in [6.45, 7) is 2.84. The number of hydrogen-bond donors (Lipinski definition) is 3. The summed E-state index contributed by atoms with van der Waals surface area (Å²) in [5.74, 6) is -0.904. The van der Waals surface area contributed by atoms with Crippen molar-refractivity contribution in [2.24, 2.45) is 0 Å². The molecule has 1 aromatic carbocycles. The van der Waals surface area contributed by atoms with Gasteiger partial charge < -0.3 is 15.2 Å². The number of aryl methyl sites for hydroxylation is 2. The summed E-state index contributed by atoms with van der Waals surface area (Å²) in [6.07, 6.45) is 0. The van der Waals surface area contributed by atoms with E-state index in [2.05, 4.69) is 20.3 Å². The molecule has 0 fully saturated rings. The molecule has 0 bridgehead atoms. The number of aromatic carboxylic acids is 1. The Balaban J connectivity index is 2.16. The maximum Gasteiger partial charge on any atom is 0.337 e. The van der Waals surface area contributed by atoms with Gasteiger partial charge in [-0.05, 0) is 25.5 Å². The van der Waals surface area contributed by atoms with Crippen LogP contribution in [0.3, 0.4) is 0 Å². The molecule has 1 heterocycles. The van der Waals surface area contributed by atoms with Gasteiger partial charge in [0.05, 0.1) is 19.2 Å². The standard InChI is InChI=1S/C15H17N5O6S/c1-8-5-4-6-10(13(21)22)12(8)27(24,25)20-14(23)16-7-11-17-9(2)18-15(19-11)26-3/h4-6H,7H2,1-3H3,(H,21,22)(H2,16,20,23). The smallest absolute Gasteiger partial charge is 0.337 e. The summed E-state index contributed by atoms with van der Waals surface area (Å²) in [5, 5.41) is 11.5. The molecule has 11 nitrogen and oxygen atoms in total. The zero-order valence-corrected chi connectivity index (χ0v) is 15.5. The number of carbonyl (C=O) groups is 2. The Morgan fingerprint density at radius 2 is 1.89 bits per heavy atom. The van der Waals surface area contributed by atoms with E-state index >= 15 is 0 Å². The Labute approximate surface area is 154 Å². The third-order valence-corrected chi connectivity index (χ3v) is 4.83. The number of amides is 2. The van der Waals surface area contributed by atoms with Crippen LogP contribution in [0, 0.1) is 13.8 Å². The molecule has 2 rings (SSSR count). The topological polar surface area (TPSA) is 160 Å². The number of nitrogens with one attached hydrogen (secondary N) is 2. The Bertz CT molecular complexity index is 992. The second-order valence-electron chi connectivity index (χ2n) is 5.33. The molecule has 2 amide bonds. The van der Waals surface area contributed by atoms with Gasteiger partial charge in [0.1, 0.15) is 10.7 Å². The van der Waals surface area contributed by atoms with Crippen molar-refractivity contribution in [1.29, 1.82) is 0 Å². The first-order chi connectivity index (χ1) is 12.6. The molecule has 0 aliphatic heterocycles. The third kappa shape index (κ3) is 4.88. The predicted molar refractivity (Wildman–Crippen MR) is 91.8 cm³/mol. The van der Waals surface area contributed by atoms with E-state index in [4.69, 9.17) is 4.74 Å². The van der Waals surface area contributed by atoms with Gasteiger partial charge in [0.15, 0.2) is 5.82 Å². The first-order valence-corrected chi connectivity index (χ1v) is 9.01. The van der Waals surface area contributed by atoms with Crippen molar-refractivity contribution in [3.63, 3.8) is 0 Å². The van der Waals surface area contributed by atoms with E-state index in [9.17, 15) is 23.1 Å². The highest BCUT2D eigenvalue weighted by atomic mass is 32.2. The van der Waals surface area contributed by atoms with Crippen LogP contribution < -0.4 is 14.8 Å². The van der Waals surface area contributed by atoms with Gasteiger partial charge >= 0.3 is 18.0 Å². The van der Waals surface area contributed by atoms with Gasteiger partial charge in [-0.3, -0.25) is 0 Å². The summed E-state index contributed by atoms with van der Waals surface area (Å²) in [7, 11) is -3.04. The molecule has 3 N–H and O–H groups in total. The number of aromatic nitrogens is 3. The van der Waals surface area contributed by atoms with Crippen LogP contribution in [-0.4, -0.2) is 47.6 Å². The number of methoxy groups -OCH3 is 1. The monoisotopic (exact) mass is 395 g/mol. The van der Waals surface area contributed by atoms with Crippen LogP contribution in [0.15, 0.2) is 23.1 Å². The van der Waals surface area contributed by atoms with E-state index in [-0.39, 0.29) is 23.9 Å². The quantitative estimate of drug-likeness (QED) is 0.628. The highest BCUT2D eigenvalue weighted by Crippen LogP contribution is 2.20. The lowest BCUT2D eigenvalue weighted by Crippen LogP contribution is -2.40. The van der Waals surface area contributed by atoms with Crippen LogP contribution >= 0.6 is 0 Å².